The largest absolute Gasteiger partial charge is 0.319 e. The van der Waals surface area contributed by atoms with Crippen LogP contribution in [0.15, 0.2) is 75.3 Å². The molecular weight excluding hydrogens is 430 g/mol. The van der Waals surface area contributed by atoms with E-state index < -0.39 is 0 Å². The van der Waals surface area contributed by atoms with Gasteiger partial charge in [-0.1, -0.05) is 62.9 Å². The lowest BCUT2D eigenvalue weighted by atomic mass is 10.1. The number of benzene rings is 2. The zero-order valence-electron chi connectivity index (χ0n) is 19.1. The number of aliphatic imine (C=N–C) groups is 1. The molecule has 3 heterocycles. The van der Waals surface area contributed by atoms with E-state index in [1.165, 1.54) is 45.1 Å². The second-order valence-electron chi connectivity index (χ2n) is 7.81. The number of hydrogen-bond donors (Lipinski definition) is 1. The highest BCUT2D eigenvalue weighted by atomic mass is 32.2. The summed E-state index contributed by atoms with van der Waals surface area (Å²) in [6.07, 6.45) is 3.81. The van der Waals surface area contributed by atoms with E-state index in [0.717, 1.165) is 35.7 Å². The summed E-state index contributed by atoms with van der Waals surface area (Å²) in [5, 5.41) is 4.43. The van der Waals surface area contributed by atoms with Crippen LogP contribution in [0.1, 0.15) is 54.7 Å². The predicted octanol–water partition coefficient (Wildman–Crippen LogP) is 7.68. The van der Waals surface area contributed by atoms with Crippen molar-refractivity contribution in [2.45, 2.75) is 49.8 Å². The Labute approximate surface area is 200 Å². The lowest BCUT2D eigenvalue weighted by Gasteiger charge is -2.28. The summed E-state index contributed by atoms with van der Waals surface area (Å²) in [5.41, 5.74) is 10.1. The van der Waals surface area contributed by atoms with E-state index in [2.05, 4.69) is 77.8 Å². The maximum Gasteiger partial charge on any atom is 0.0895 e. The van der Waals surface area contributed by atoms with E-state index in [-0.39, 0.29) is 0 Å². The molecule has 0 atom stereocenters. The van der Waals surface area contributed by atoms with E-state index >= 15 is 0 Å². The molecular formula is C27H31N3S2. The van der Waals surface area contributed by atoms with Crippen molar-refractivity contribution in [3.05, 3.63) is 82.1 Å². The van der Waals surface area contributed by atoms with Gasteiger partial charge < -0.3 is 5.43 Å². The molecule has 1 fully saturated rings. The standard InChI is InChI=1S/C25H25N3S2.C2H6/c1-17-12-15-29-25(17)24-20-8-4-5-9-22(20)30-23-11-10-19(16-21(23)26-24)18(2)27-28-13-6-3-7-14-28;1-2/h4-5,8-12,15-16,27H,2-3,6-7,13-14H2,1H3;1-2H3. The molecule has 0 aliphatic carbocycles. The van der Waals surface area contributed by atoms with Gasteiger partial charge in [0.05, 0.1) is 16.3 Å². The van der Waals surface area contributed by atoms with Crippen molar-refractivity contribution < 1.29 is 0 Å². The Balaban J connectivity index is 0.00000119. The van der Waals surface area contributed by atoms with Crippen LogP contribution in [-0.2, 0) is 0 Å². The van der Waals surface area contributed by atoms with Crippen molar-refractivity contribution in [1.29, 1.82) is 0 Å². The smallest absolute Gasteiger partial charge is 0.0895 e. The third-order valence-electron chi connectivity index (χ3n) is 5.63. The Morgan fingerprint density at radius 2 is 1.78 bits per heavy atom. The van der Waals surface area contributed by atoms with Crippen molar-refractivity contribution in [1.82, 2.24) is 10.4 Å². The predicted molar refractivity (Wildman–Crippen MR) is 140 cm³/mol. The van der Waals surface area contributed by atoms with Gasteiger partial charge in [0.15, 0.2) is 0 Å². The van der Waals surface area contributed by atoms with E-state index in [1.54, 1.807) is 23.1 Å². The highest BCUT2D eigenvalue weighted by Gasteiger charge is 2.21. The van der Waals surface area contributed by atoms with E-state index in [0.29, 0.717) is 0 Å². The second kappa shape index (κ2) is 10.5. The van der Waals surface area contributed by atoms with Gasteiger partial charge in [0.25, 0.3) is 0 Å². The van der Waals surface area contributed by atoms with Gasteiger partial charge in [0.2, 0.25) is 0 Å². The first-order valence-electron chi connectivity index (χ1n) is 11.4. The Bertz CT molecular complexity index is 1120. The van der Waals surface area contributed by atoms with Gasteiger partial charge in [-0.3, -0.25) is 0 Å². The lowest BCUT2D eigenvalue weighted by molar-refractivity contribution is 0.189. The van der Waals surface area contributed by atoms with Gasteiger partial charge in [0, 0.05) is 39.7 Å². The monoisotopic (exact) mass is 461 g/mol. The van der Waals surface area contributed by atoms with Gasteiger partial charge in [-0.25, -0.2) is 10.0 Å². The number of rotatable bonds is 4. The number of hydrazine groups is 1. The SMILES string of the molecule is C=C(NN1CCCCC1)c1ccc2c(c1)N=C(c1sccc1C)c1ccccc1S2.CC. The fourth-order valence-corrected chi connectivity index (χ4v) is 5.91. The summed E-state index contributed by atoms with van der Waals surface area (Å²) in [5.74, 6) is 0. The Morgan fingerprint density at radius 1 is 1.00 bits per heavy atom. The Hall–Kier alpha value is -2.34. The van der Waals surface area contributed by atoms with E-state index in [4.69, 9.17) is 4.99 Å². The molecule has 0 saturated carbocycles. The highest BCUT2D eigenvalue weighted by Crippen LogP contribution is 2.42. The maximum absolute atomic E-state index is 5.20. The van der Waals surface area contributed by atoms with Crippen molar-refractivity contribution in [2.75, 3.05) is 13.1 Å². The van der Waals surface area contributed by atoms with Gasteiger partial charge >= 0.3 is 0 Å². The van der Waals surface area contributed by atoms with Crippen molar-refractivity contribution in [3.63, 3.8) is 0 Å². The number of piperidine rings is 1. The van der Waals surface area contributed by atoms with Crippen molar-refractivity contribution >= 4 is 40.2 Å². The first-order chi connectivity index (χ1) is 15.7. The first-order valence-corrected chi connectivity index (χ1v) is 13.1. The number of thiophene rings is 1. The van der Waals surface area contributed by atoms with Gasteiger partial charge in [-0.2, -0.15) is 0 Å². The zero-order valence-corrected chi connectivity index (χ0v) is 20.8. The van der Waals surface area contributed by atoms with Crippen LogP contribution in [0.2, 0.25) is 0 Å². The van der Waals surface area contributed by atoms with Crippen LogP contribution in [0.4, 0.5) is 5.69 Å². The van der Waals surface area contributed by atoms with Crippen LogP contribution in [0.3, 0.4) is 0 Å². The topological polar surface area (TPSA) is 27.6 Å². The summed E-state index contributed by atoms with van der Waals surface area (Å²) < 4.78 is 0. The summed E-state index contributed by atoms with van der Waals surface area (Å²) in [6, 6.07) is 17.3. The molecule has 0 amide bonds. The minimum atomic E-state index is 0.940. The normalized spacial score (nSPS) is 15.4. The van der Waals surface area contributed by atoms with E-state index in [9.17, 15) is 0 Å². The van der Waals surface area contributed by atoms with Crippen LogP contribution in [0, 0.1) is 6.92 Å². The third kappa shape index (κ3) is 4.85. The molecule has 2 aliphatic rings. The molecule has 5 rings (SSSR count). The van der Waals surface area contributed by atoms with Gasteiger partial charge in [0.1, 0.15) is 0 Å². The third-order valence-corrected chi connectivity index (χ3v) is 7.79. The molecule has 1 aromatic heterocycles. The molecule has 2 aliphatic heterocycles. The second-order valence-corrected chi connectivity index (χ2v) is 9.81. The molecule has 0 spiro atoms. The number of nitrogens with one attached hydrogen (secondary N) is 1. The molecule has 3 aromatic rings. The van der Waals surface area contributed by atoms with Crippen LogP contribution in [-0.4, -0.2) is 23.8 Å². The lowest BCUT2D eigenvalue weighted by Crippen LogP contribution is -2.40. The Morgan fingerprint density at radius 3 is 2.53 bits per heavy atom. The maximum atomic E-state index is 5.20. The molecule has 0 unspecified atom stereocenters. The fourth-order valence-electron chi connectivity index (χ4n) is 3.98. The number of aryl methyl sites for hydroxylation is 1. The first kappa shape index (κ1) is 22.8. The average molecular weight is 462 g/mol. The molecule has 1 saturated heterocycles. The van der Waals surface area contributed by atoms with E-state index in [1.807, 2.05) is 13.8 Å². The summed E-state index contributed by atoms with van der Waals surface area (Å²) in [4.78, 5) is 8.87. The number of nitrogens with zero attached hydrogens (tertiary/aromatic N) is 2. The molecule has 3 nitrogen and oxygen atoms in total. The minimum absolute atomic E-state index is 0.940. The highest BCUT2D eigenvalue weighted by molar-refractivity contribution is 7.99. The quantitative estimate of drug-likeness (QED) is 0.338. The summed E-state index contributed by atoms with van der Waals surface area (Å²) in [6.45, 7) is 12.6. The molecule has 2 aromatic carbocycles. The van der Waals surface area contributed by atoms with Crippen molar-refractivity contribution in [2.24, 2.45) is 4.99 Å². The molecule has 0 bridgehead atoms. The van der Waals surface area contributed by atoms with Crippen LogP contribution >= 0.6 is 23.1 Å². The van der Waals surface area contributed by atoms with Crippen LogP contribution < -0.4 is 5.43 Å². The van der Waals surface area contributed by atoms with Gasteiger partial charge in [-0.05, 0) is 55.0 Å². The molecule has 166 valence electrons. The van der Waals surface area contributed by atoms with Crippen molar-refractivity contribution in [3.8, 4) is 0 Å². The molecule has 1 N–H and O–H groups in total. The Kier molecular flexibility index (Phi) is 7.51. The summed E-state index contributed by atoms with van der Waals surface area (Å²) >= 11 is 3.56. The fraction of sp³-hybridized carbons (Fsp3) is 0.296. The summed E-state index contributed by atoms with van der Waals surface area (Å²) in [7, 11) is 0. The van der Waals surface area contributed by atoms with Crippen LogP contribution in [0.5, 0.6) is 0 Å². The zero-order chi connectivity index (χ0) is 22.5. The number of fused-ring (bicyclic) bond motifs is 2. The van der Waals surface area contributed by atoms with Gasteiger partial charge in [-0.15, -0.1) is 11.3 Å². The minimum Gasteiger partial charge on any atom is -0.319 e. The van der Waals surface area contributed by atoms with Crippen LogP contribution in [0.25, 0.3) is 5.70 Å². The molecule has 0 radical (unpaired) electrons. The number of hydrogen-bond acceptors (Lipinski definition) is 5. The molecule has 32 heavy (non-hydrogen) atoms. The average Bonchev–Trinajstić information content (AvgIpc) is 3.18. The molecule has 5 heteroatoms.